The Labute approximate surface area is 105 Å². The summed E-state index contributed by atoms with van der Waals surface area (Å²) < 4.78 is 26.6. The molecule has 3 nitrogen and oxygen atoms in total. The van der Waals surface area contributed by atoms with Crippen LogP contribution in [0.4, 0.5) is 14.5 Å². The van der Waals surface area contributed by atoms with E-state index in [-0.39, 0.29) is 11.5 Å². The van der Waals surface area contributed by atoms with Gasteiger partial charge in [-0.05, 0) is 25.0 Å². The van der Waals surface area contributed by atoms with Gasteiger partial charge in [0.15, 0.2) is 0 Å². The second kappa shape index (κ2) is 5.33. The molecule has 1 saturated heterocycles. The number of likely N-dealkylation sites (tertiary alicyclic amines) is 1. The standard InChI is InChI=1S/C13H16F2N2O/c14-10-7-9(8-11(15)12(10)16)13(18)17-5-3-1-2-4-6-17/h7-8H,1-6,16H2. The first-order valence-electron chi connectivity index (χ1n) is 6.13. The van der Waals surface area contributed by atoms with E-state index in [9.17, 15) is 13.6 Å². The zero-order valence-corrected chi connectivity index (χ0v) is 10.1. The maximum atomic E-state index is 13.3. The highest BCUT2D eigenvalue weighted by atomic mass is 19.1. The Morgan fingerprint density at radius 1 is 1.06 bits per heavy atom. The van der Waals surface area contributed by atoms with Gasteiger partial charge < -0.3 is 10.6 Å². The third-order valence-electron chi connectivity index (χ3n) is 3.22. The van der Waals surface area contributed by atoms with Gasteiger partial charge in [-0.1, -0.05) is 12.8 Å². The molecule has 1 aliphatic rings. The number of carbonyl (C=O) groups excluding carboxylic acids is 1. The summed E-state index contributed by atoms with van der Waals surface area (Å²) in [6.45, 7) is 1.29. The fourth-order valence-corrected chi connectivity index (χ4v) is 2.16. The lowest BCUT2D eigenvalue weighted by molar-refractivity contribution is 0.0760. The van der Waals surface area contributed by atoms with Gasteiger partial charge in [0.2, 0.25) is 0 Å². The second-order valence-corrected chi connectivity index (χ2v) is 4.56. The summed E-state index contributed by atoms with van der Waals surface area (Å²) in [5.41, 5.74) is 4.67. The zero-order valence-electron chi connectivity index (χ0n) is 10.1. The molecule has 0 spiro atoms. The highest BCUT2D eigenvalue weighted by Gasteiger charge is 2.19. The molecule has 1 fully saturated rings. The number of hydrogen-bond donors (Lipinski definition) is 1. The van der Waals surface area contributed by atoms with E-state index in [1.165, 1.54) is 0 Å². The molecule has 2 rings (SSSR count). The number of rotatable bonds is 1. The topological polar surface area (TPSA) is 46.3 Å². The molecule has 5 heteroatoms. The molecule has 1 aromatic carbocycles. The van der Waals surface area contributed by atoms with Crippen molar-refractivity contribution >= 4 is 11.6 Å². The summed E-state index contributed by atoms with van der Waals surface area (Å²) in [4.78, 5) is 13.8. The van der Waals surface area contributed by atoms with E-state index in [1.54, 1.807) is 4.90 Å². The number of nitrogen functional groups attached to an aromatic ring is 1. The number of amides is 1. The number of halogens is 2. The minimum absolute atomic E-state index is 0.0288. The molecule has 0 bridgehead atoms. The largest absolute Gasteiger partial charge is 0.394 e. The lowest BCUT2D eigenvalue weighted by Crippen LogP contribution is -2.32. The maximum absolute atomic E-state index is 13.3. The molecule has 1 amide bonds. The third-order valence-corrected chi connectivity index (χ3v) is 3.22. The van der Waals surface area contributed by atoms with Crippen LogP contribution in [0.3, 0.4) is 0 Å². The van der Waals surface area contributed by atoms with Crippen LogP contribution in [-0.4, -0.2) is 23.9 Å². The van der Waals surface area contributed by atoms with Crippen molar-refractivity contribution in [3.63, 3.8) is 0 Å². The van der Waals surface area contributed by atoms with Gasteiger partial charge in [-0.25, -0.2) is 8.78 Å². The Bertz CT molecular complexity index is 431. The predicted molar refractivity (Wildman–Crippen MR) is 65.1 cm³/mol. The Morgan fingerprint density at radius 3 is 2.06 bits per heavy atom. The summed E-state index contributed by atoms with van der Waals surface area (Å²) in [6.07, 6.45) is 4.06. The van der Waals surface area contributed by atoms with Crippen LogP contribution >= 0.6 is 0 Å². The molecule has 1 heterocycles. The quantitative estimate of drug-likeness (QED) is 0.783. The molecule has 1 aromatic rings. The van der Waals surface area contributed by atoms with Gasteiger partial charge in [0.05, 0.1) is 0 Å². The van der Waals surface area contributed by atoms with Crippen LogP contribution in [0.15, 0.2) is 12.1 Å². The van der Waals surface area contributed by atoms with E-state index in [4.69, 9.17) is 5.73 Å². The second-order valence-electron chi connectivity index (χ2n) is 4.56. The number of nitrogens with two attached hydrogens (primary N) is 1. The van der Waals surface area contributed by atoms with Crippen LogP contribution in [0.2, 0.25) is 0 Å². The average Bonchev–Trinajstić information content (AvgIpc) is 2.63. The highest BCUT2D eigenvalue weighted by molar-refractivity contribution is 5.94. The van der Waals surface area contributed by atoms with Crippen molar-refractivity contribution in [1.29, 1.82) is 0 Å². The van der Waals surface area contributed by atoms with Crippen LogP contribution in [0.1, 0.15) is 36.0 Å². The molecule has 0 atom stereocenters. The van der Waals surface area contributed by atoms with E-state index >= 15 is 0 Å². The van der Waals surface area contributed by atoms with E-state index in [2.05, 4.69) is 0 Å². The van der Waals surface area contributed by atoms with Gasteiger partial charge in [-0.15, -0.1) is 0 Å². The van der Waals surface area contributed by atoms with Gasteiger partial charge in [0.25, 0.3) is 5.91 Å². The van der Waals surface area contributed by atoms with E-state index in [0.717, 1.165) is 37.8 Å². The van der Waals surface area contributed by atoms with E-state index < -0.39 is 17.3 Å². The van der Waals surface area contributed by atoms with Crippen molar-refractivity contribution in [2.24, 2.45) is 0 Å². The molecule has 1 aliphatic heterocycles. The van der Waals surface area contributed by atoms with E-state index in [1.807, 2.05) is 0 Å². The van der Waals surface area contributed by atoms with Crippen molar-refractivity contribution < 1.29 is 13.6 Å². The van der Waals surface area contributed by atoms with Crippen LogP contribution in [-0.2, 0) is 0 Å². The molecular formula is C13H16F2N2O. The number of hydrogen-bond acceptors (Lipinski definition) is 2. The van der Waals surface area contributed by atoms with Crippen molar-refractivity contribution in [1.82, 2.24) is 4.90 Å². The highest BCUT2D eigenvalue weighted by Crippen LogP contribution is 2.19. The first kappa shape index (κ1) is 12.8. The van der Waals surface area contributed by atoms with Gasteiger partial charge in [-0.2, -0.15) is 0 Å². The summed E-state index contributed by atoms with van der Waals surface area (Å²) in [5, 5.41) is 0. The normalized spacial score (nSPS) is 16.4. The Hall–Kier alpha value is -1.65. The number of benzene rings is 1. The van der Waals surface area contributed by atoms with Crippen molar-refractivity contribution in [2.45, 2.75) is 25.7 Å². The van der Waals surface area contributed by atoms with E-state index in [0.29, 0.717) is 13.1 Å². The Kier molecular flexibility index (Phi) is 3.79. The Morgan fingerprint density at radius 2 is 1.56 bits per heavy atom. The molecule has 0 aliphatic carbocycles. The predicted octanol–water partition coefficient (Wildman–Crippen LogP) is 2.56. The monoisotopic (exact) mass is 254 g/mol. The number of nitrogens with zero attached hydrogens (tertiary/aromatic N) is 1. The smallest absolute Gasteiger partial charge is 0.254 e. The molecule has 0 aromatic heterocycles. The minimum atomic E-state index is -0.881. The lowest BCUT2D eigenvalue weighted by atomic mass is 10.1. The summed E-state index contributed by atoms with van der Waals surface area (Å²) >= 11 is 0. The van der Waals surface area contributed by atoms with Crippen molar-refractivity contribution in [3.05, 3.63) is 29.3 Å². The maximum Gasteiger partial charge on any atom is 0.254 e. The first-order chi connectivity index (χ1) is 8.59. The lowest BCUT2D eigenvalue weighted by Gasteiger charge is -2.20. The molecule has 98 valence electrons. The van der Waals surface area contributed by atoms with Gasteiger partial charge in [0, 0.05) is 18.7 Å². The summed E-state index contributed by atoms with van der Waals surface area (Å²) in [7, 11) is 0. The van der Waals surface area contributed by atoms with Gasteiger partial charge in [-0.3, -0.25) is 4.79 Å². The van der Waals surface area contributed by atoms with Crippen molar-refractivity contribution in [2.75, 3.05) is 18.8 Å². The number of anilines is 1. The summed E-state index contributed by atoms with van der Waals surface area (Å²) in [5.74, 6) is -2.09. The third kappa shape index (κ3) is 2.60. The molecule has 0 radical (unpaired) electrons. The van der Waals surface area contributed by atoms with Gasteiger partial charge >= 0.3 is 0 Å². The zero-order chi connectivity index (χ0) is 13.1. The molecule has 0 saturated carbocycles. The first-order valence-corrected chi connectivity index (χ1v) is 6.13. The molecule has 18 heavy (non-hydrogen) atoms. The average molecular weight is 254 g/mol. The Balaban J connectivity index is 2.22. The fraction of sp³-hybridized carbons (Fsp3) is 0.462. The van der Waals surface area contributed by atoms with Crippen LogP contribution in [0.5, 0.6) is 0 Å². The molecule has 0 unspecified atom stereocenters. The minimum Gasteiger partial charge on any atom is -0.394 e. The summed E-state index contributed by atoms with van der Waals surface area (Å²) in [6, 6.07) is 2.01. The number of carbonyl (C=O) groups is 1. The molecule has 2 N–H and O–H groups in total. The van der Waals surface area contributed by atoms with Crippen LogP contribution in [0, 0.1) is 11.6 Å². The van der Waals surface area contributed by atoms with Crippen LogP contribution in [0.25, 0.3) is 0 Å². The fourth-order valence-electron chi connectivity index (χ4n) is 2.16. The van der Waals surface area contributed by atoms with Crippen molar-refractivity contribution in [3.8, 4) is 0 Å². The molecular weight excluding hydrogens is 238 g/mol. The van der Waals surface area contributed by atoms with Crippen LogP contribution < -0.4 is 5.73 Å². The van der Waals surface area contributed by atoms with Gasteiger partial charge in [0.1, 0.15) is 17.3 Å². The SMILES string of the molecule is Nc1c(F)cc(C(=O)N2CCCCCC2)cc1F.